The summed E-state index contributed by atoms with van der Waals surface area (Å²) >= 11 is 0. The second kappa shape index (κ2) is 9.13. The van der Waals surface area contributed by atoms with Gasteiger partial charge in [0.2, 0.25) is 0 Å². The van der Waals surface area contributed by atoms with Crippen molar-refractivity contribution in [2.45, 2.75) is 6.54 Å². The Balaban J connectivity index is 1.78. The van der Waals surface area contributed by atoms with E-state index in [2.05, 4.69) is 11.4 Å². The van der Waals surface area contributed by atoms with E-state index in [1.54, 1.807) is 0 Å². The first kappa shape index (κ1) is 15.5. The number of para-hydroxylation sites is 1. The summed E-state index contributed by atoms with van der Waals surface area (Å²) in [6.45, 7) is 2.57. The standard InChI is InChI=1S/C17H21NO3/c19-10-12-20-11-9-18-14-15-5-4-8-17(13-15)21-16-6-2-1-3-7-16/h1-8,13,18-19H,9-12,14H2. The zero-order valence-electron chi connectivity index (χ0n) is 12.0. The third-order valence-electron chi connectivity index (χ3n) is 2.87. The van der Waals surface area contributed by atoms with E-state index in [0.717, 1.165) is 30.2 Å². The van der Waals surface area contributed by atoms with Gasteiger partial charge in [0, 0.05) is 13.1 Å². The SMILES string of the molecule is OCCOCCNCc1cccc(Oc2ccccc2)c1. The Labute approximate surface area is 125 Å². The minimum Gasteiger partial charge on any atom is -0.457 e. The molecule has 4 heteroatoms. The summed E-state index contributed by atoms with van der Waals surface area (Å²) in [5, 5.41) is 11.9. The highest BCUT2D eigenvalue weighted by Crippen LogP contribution is 2.21. The molecule has 0 heterocycles. The fourth-order valence-corrected chi connectivity index (χ4v) is 1.89. The molecule has 0 amide bonds. The molecule has 0 saturated carbocycles. The molecule has 0 aliphatic carbocycles. The van der Waals surface area contributed by atoms with Crippen LogP contribution in [0.1, 0.15) is 5.56 Å². The molecule has 0 radical (unpaired) electrons. The third-order valence-corrected chi connectivity index (χ3v) is 2.87. The van der Waals surface area contributed by atoms with Crippen molar-refractivity contribution in [3.8, 4) is 11.5 Å². The average molecular weight is 287 g/mol. The smallest absolute Gasteiger partial charge is 0.127 e. The van der Waals surface area contributed by atoms with Crippen molar-refractivity contribution < 1.29 is 14.6 Å². The molecule has 2 N–H and O–H groups in total. The van der Waals surface area contributed by atoms with Crippen LogP contribution in [0.5, 0.6) is 11.5 Å². The van der Waals surface area contributed by atoms with Crippen LogP contribution in [0.15, 0.2) is 54.6 Å². The van der Waals surface area contributed by atoms with Gasteiger partial charge in [-0.1, -0.05) is 30.3 Å². The fourth-order valence-electron chi connectivity index (χ4n) is 1.89. The van der Waals surface area contributed by atoms with E-state index in [1.807, 2.05) is 48.5 Å². The minimum atomic E-state index is 0.0683. The summed E-state index contributed by atoms with van der Waals surface area (Å²) < 4.78 is 11.0. The third kappa shape index (κ3) is 5.95. The monoisotopic (exact) mass is 287 g/mol. The molecule has 0 aliphatic rings. The van der Waals surface area contributed by atoms with Crippen LogP contribution in [0.25, 0.3) is 0 Å². The van der Waals surface area contributed by atoms with E-state index < -0.39 is 0 Å². The van der Waals surface area contributed by atoms with E-state index in [-0.39, 0.29) is 6.61 Å². The van der Waals surface area contributed by atoms with Gasteiger partial charge in [0.1, 0.15) is 11.5 Å². The van der Waals surface area contributed by atoms with Crippen molar-refractivity contribution in [1.29, 1.82) is 0 Å². The molecular formula is C17H21NO3. The van der Waals surface area contributed by atoms with Crippen LogP contribution >= 0.6 is 0 Å². The number of aliphatic hydroxyl groups is 1. The van der Waals surface area contributed by atoms with Crippen LogP contribution < -0.4 is 10.1 Å². The highest BCUT2D eigenvalue weighted by molar-refractivity contribution is 5.33. The summed E-state index contributed by atoms with van der Waals surface area (Å²) in [5.74, 6) is 1.66. The highest BCUT2D eigenvalue weighted by Gasteiger charge is 1.99. The van der Waals surface area contributed by atoms with E-state index in [1.165, 1.54) is 0 Å². The Morgan fingerprint density at radius 2 is 1.71 bits per heavy atom. The van der Waals surface area contributed by atoms with Crippen molar-refractivity contribution in [3.05, 3.63) is 60.2 Å². The van der Waals surface area contributed by atoms with Crippen molar-refractivity contribution in [1.82, 2.24) is 5.32 Å². The van der Waals surface area contributed by atoms with E-state index in [0.29, 0.717) is 13.2 Å². The predicted molar refractivity (Wildman–Crippen MR) is 82.6 cm³/mol. The normalized spacial score (nSPS) is 10.5. The first-order chi connectivity index (χ1) is 10.4. The Morgan fingerprint density at radius 1 is 0.905 bits per heavy atom. The molecule has 0 saturated heterocycles. The molecule has 112 valence electrons. The van der Waals surface area contributed by atoms with Crippen LogP contribution in [0, 0.1) is 0 Å². The summed E-state index contributed by atoms with van der Waals surface area (Å²) in [7, 11) is 0. The van der Waals surface area contributed by atoms with E-state index in [4.69, 9.17) is 14.6 Å². The van der Waals surface area contributed by atoms with Gasteiger partial charge in [0.05, 0.1) is 19.8 Å². The van der Waals surface area contributed by atoms with Gasteiger partial charge in [0.15, 0.2) is 0 Å². The zero-order valence-corrected chi connectivity index (χ0v) is 12.0. The summed E-state index contributed by atoms with van der Waals surface area (Å²) in [5.41, 5.74) is 1.16. The fraction of sp³-hybridized carbons (Fsp3) is 0.294. The lowest BCUT2D eigenvalue weighted by Gasteiger charge is -2.09. The maximum atomic E-state index is 8.59. The maximum absolute atomic E-state index is 8.59. The molecule has 0 aliphatic heterocycles. The lowest BCUT2D eigenvalue weighted by atomic mass is 10.2. The first-order valence-corrected chi connectivity index (χ1v) is 7.09. The van der Waals surface area contributed by atoms with Crippen molar-refractivity contribution in [2.24, 2.45) is 0 Å². The lowest BCUT2D eigenvalue weighted by Crippen LogP contribution is -2.19. The number of hydrogen-bond acceptors (Lipinski definition) is 4. The van der Waals surface area contributed by atoms with Crippen LogP contribution in [0.4, 0.5) is 0 Å². The van der Waals surface area contributed by atoms with Gasteiger partial charge < -0.3 is 19.9 Å². The molecule has 0 bridgehead atoms. The van der Waals surface area contributed by atoms with Gasteiger partial charge in [-0.3, -0.25) is 0 Å². The Morgan fingerprint density at radius 3 is 2.52 bits per heavy atom. The van der Waals surface area contributed by atoms with Gasteiger partial charge in [-0.15, -0.1) is 0 Å². The van der Waals surface area contributed by atoms with E-state index in [9.17, 15) is 0 Å². The van der Waals surface area contributed by atoms with Crippen molar-refractivity contribution in [3.63, 3.8) is 0 Å². The highest BCUT2D eigenvalue weighted by atomic mass is 16.5. The van der Waals surface area contributed by atoms with Crippen molar-refractivity contribution in [2.75, 3.05) is 26.4 Å². The molecule has 2 rings (SSSR count). The van der Waals surface area contributed by atoms with Gasteiger partial charge >= 0.3 is 0 Å². The average Bonchev–Trinajstić information content (AvgIpc) is 2.52. The second-order valence-electron chi connectivity index (χ2n) is 4.58. The molecular weight excluding hydrogens is 266 g/mol. The largest absolute Gasteiger partial charge is 0.457 e. The number of rotatable bonds is 9. The van der Waals surface area contributed by atoms with Crippen LogP contribution in [0.2, 0.25) is 0 Å². The summed E-state index contributed by atoms with van der Waals surface area (Å²) in [6.07, 6.45) is 0. The van der Waals surface area contributed by atoms with Crippen LogP contribution in [0.3, 0.4) is 0 Å². The molecule has 21 heavy (non-hydrogen) atoms. The molecule has 0 spiro atoms. The molecule has 2 aromatic carbocycles. The Hall–Kier alpha value is -1.88. The van der Waals surface area contributed by atoms with Crippen LogP contribution in [-0.4, -0.2) is 31.5 Å². The summed E-state index contributed by atoms with van der Waals surface area (Å²) in [6, 6.07) is 17.7. The van der Waals surface area contributed by atoms with Gasteiger partial charge in [-0.2, -0.15) is 0 Å². The molecule has 0 atom stereocenters. The number of aliphatic hydroxyl groups excluding tert-OH is 1. The Bertz CT molecular complexity index is 516. The number of hydrogen-bond donors (Lipinski definition) is 2. The number of ether oxygens (including phenoxy) is 2. The molecule has 0 unspecified atom stereocenters. The first-order valence-electron chi connectivity index (χ1n) is 7.09. The minimum absolute atomic E-state index is 0.0683. The van der Waals surface area contributed by atoms with E-state index >= 15 is 0 Å². The molecule has 2 aromatic rings. The molecule has 4 nitrogen and oxygen atoms in total. The zero-order chi connectivity index (χ0) is 14.8. The predicted octanol–water partition coefficient (Wildman–Crippen LogP) is 2.58. The Kier molecular flexibility index (Phi) is 6.74. The van der Waals surface area contributed by atoms with Crippen LogP contribution in [-0.2, 0) is 11.3 Å². The maximum Gasteiger partial charge on any atom is 0.127 e. The molecule has 0 aromatic heterocycles. The van der Waals surface area contributed by atoms with Gasteiger partial charge in [-0.05, 0) is 29.8 Å². The van der Waals surface area contributed by atoms with Gasteiger partial charge in [0.25, 0.3) is 0 Å². The quantitative estimate of drug-likeness (QED) is 0.696. The summed E-state index contributed by atoms with van der Waals surface area (Å²) in [4.78, 5) is 0. The molecule has 0 fully saturated rings. The topological polar surface area (TPSA) is 50.7 Å². The van der Waals surface area contributed by atoms with Gasteiger partial charge in [-0.25, -0.2) is 0 Å². The second-order valence-corrected chi connectivity index (χ2v) is 4.58. The lowest BCUT2D eigenvalue weighted by molar-refractivity contribution is 0.0938. The number of nitrogens with one attached hydrogen (secondary N) is 1. The number of benzene rings is 2. The van der Waals surface area contributed by atoms with Crippen molar-refractivity contribution >= 4 is 0 Å².